The Morgan fingerprint density at radius 2 is 2.36 bits per heavy atom. The third-order valence-corrected chi connectivity index (χ3v) is 1.54. The highest BCUT2D eigenvalue weighted by Crippen LogP contribution is 2.19. The van der Waals surface area contributed by atoms with Gasteiger partial charge in [-0.15, -0.1) is 0 Å². The number of hydrogen-bond donors (Lipinski definition) is 0. The molecular formula is C9H12N2. The molecule has 0 fully saturated rings. The Morgan fingerprint density at radius 3 is 2.91 bits per heavy atom. The van der Waals surface area contributed by atoms with Crippen molar-refractivity contribution >= 4 is 18.1 Å². The standard InChI is InChI=1S/C9H12N2/c1-4-8-6-7-11(3)9(8)10-5-2/h4-7H,1H2,2-3H3/b10-5-. The van der Waals surface area contributed by atoms with Crippen LogP contribution in [0.4, 0.5) is 5.82 Å². The van der Waals surface area contributed by atoms with Crippen molar-refractivity contribution in [2.45, 2.75) is 6.92 Å². The van der Waals surface area contributed by atoms with E-state index in [0.29, 0.717) is 0 Å². The van der Waals surface area contributed by atoms with E-state index in [1.54, 1.807) is 6.21 Å². The van der Waals surface area contributed by atoms with Crippen molar-refractivity contribution in [3.05, 3.63) is 24.4 Å². The molecule has 11 heavy (non-hydrogen) atoms. The molecule has 1 aromatic rings. The second-order valence-corrected chi connectivity index (χ2v) is 2.30. The fourth-order valence-corrected chi connectivity index (χ4v) is 0.988. The Hall–Kier alpha value is -1.31. The van der Waals surface area contributed by atoms with Gasteiger partial charge < -0.3 is 4.57 Å². The van der Waals surface area contributed by atoms with Crippen LogP contribution in [-0.4, -0.2) is 10.8 Å². The maximum atomic E-state index is 4.20. The van der Waals surface area contributed by atoms with E-state index in [9.17, 15) is 0 Å². The minimum Gasteiger partial charge on any atom is -0.336 e. The van der Waals surface area contributed by atoms with Crippen LogP contribution in [0.5, 0.6) is 0 Å². The molecule has 0 aromatic carbocycles. The highest BCUT2D eigenvalue weighted by molar-refractivity contribution is 5.66. The van der Waals surface area contributed by atoms with Gasteiger partial charge in [0.15, 0.2) is 0 Å². The van der Waals surface area contributed by atoms with E-state index >= 15 is 0 Å². The molecular weight excluding hydrogens is 136 g/mol. The van der Waals surface area contributed by atoms with Gasteiger partial charge in [0.2, 0.25) is 0 Å². The molecule has 0 N–H and O–H groups in total. The van der Waals surface area contributed by atoms with Crippen LogP contribution in [0, 0.1) is 0 Å². The van der Waals surface area contributed by atoms with Crippen molar-refractivity contribution in [1.82, 2.24) is 4.57 Å². The number of aromatic nitrogens is 1. The molecule has 1 aromatic heterocycles. The van der Waals surface area contributed by atoms with Crippen LogP contribution in [0.3, 0.4) is 0 Å². The molecule has 0 saturated carbocycles. The second kappa shape index (κ2) is 3.19. The minimum absolute atomic E-state index is 0.961. The smallest absolute Gasteiger partial charge is 0.139 e. The molecule has 1 rings (SSSR count). The van der Waals surface area contributed by atoms with E-state index in [2.05, 4.69) is 11.6 Å². The predicted molar refractivity (Wildman–Crippen MR) is 49.3 cm³/mol. The summed E-state index contributed by atoms with van der Waals surface area (Å²) in [6.45, 7) is 5.60. The SMILES string of the molecule is C=Cc1ccn(C)c1/N=C\C. The molecule has 58 valence electrons. The Labute approximate surface area is 66.9 Å². The highest BCUT2D eigenvalue weighted by Gasteiger charge is 1.99. The maximum absolute atomic E-state index is 4.20. The zero-order valence-electron chi connectivity index (χ0n) is 6.91. The van der Waals surface area contributed by atoms with Gasteiger partial charge >= 0.3 is 0 Å². The first-order valence-corrected chi connectivity index (χ1v) is 3.56. The zero-order valence-corrected chi connectivity index (χ0v) is 6.91. The van der Waals surface area contributed by atoms with Gasteiger partial charge in [0.05, 0.1) is 0 Å². The highest BCUT2D eigenvalue weighted by atomic mass is 15.0. The van der Waals surface area contributed by atoms with Crippen molar-refractivity contribution in [3.8, 4) is 0 Å². The molecule has 0 aliphatic rings. The van der Waals surface area contributed by atoms with Crippen LogP contribution in [0.2, 0.25) is 0 Å². The first kappa shape index (κ1) is 7.79. The summed E-state index contributed by atoms with van der Waals surface area (Å²) in [4.78, 5) is 4.20. The topological polar surface area (TPSA) is 17.3 Å². The van der Waals surface area contributed by atoms with E-state index in [1.165, 1.54) is 0 Å². The summed E-state index contributed by atoms with van der Waals surface area (Å²) < 4.78 is 1.97. The fourth-order valence-electron chi connectivity index (χ4n) is 0.988. The average Bonchev–Trinajstić information content (AvgIpc) is 2.34. The van der Waals surface area contributed by atoms with Crippen LogP contribution < -0.4 is 0 Å². The molecule has 0 atom stereocenters. The van der Waals surface area contributed by atoms with Crippen molar-refractivity contribution in [3.63, 3.8) is 0 Å². The molecule has 2 heteroatoms. The van der Waals surface area contributed by atoms with Gasteiger partial charge in [0.1, 0.15) is 5.82 Å². The number of aryl methyl sites for hydroxylation is 1. The molecule has 0 aliphatic heterocycles. The Kier molecular flexibility index (Phi) is 2.26. The van der Waals surface area contributed by atoms with Gasteiger partial charge in [-0.05, 0) is 13.0 Å². The number of nitrogens with zero attached hydrogens (tertiary/aromatic N) is 2. The molecule has 0 unspecified atom stereocenters. The Bertz CT molecular complexity index is 282. The predicted octanol–water partition coefficient (Wildman–Crippen LogP) is 2.39. The average molecular weight is 148 g/mol. The molecule has 0 bridgehead atoms. The van der Waals surface area contributed by atoms with Crippen LogP contribution in [0.15, 0.2) is 23.8 Å². The second-order valence-electron chi connectivity index (χ2n) is 2.30. The van der Waals surface area contributed by atoms with Crippen LogP contribution in [-0.2, 0) is 7.05 Å². The summed E-state index contributed by atoms with van der Waals surface area (Å²) in [5, 5.41) is 0. The van der Waals surface area contributed by atoms with Gasteiger partial charge in [0.25, 0.3) is 0 Å². The summed E-state index contributed by atoms with van der Waals surface area (Å²) in [5.41, 5.74) is 1.07. The molecule has 0 spiro atoms. The first-order valence-electron chi connectivity index (χ1n) is 3.56. The fraction of sp³-hybridized carbons (Fsp3) is 0.222. The van der Waals surface area contributed by atoms with Gasteiger partial charge in [0, 0.05) is 25.0 Å². The molecule has 0 radical (unpaired) electrons. The van der Waals surface area contributed by atoms with E-state index in [-0.39, 0.29) is 0 Å². The van der Waals surface area contributed by atoms with Crippen molar-refractivity contribution in [2.75, 3.05) is 0 Å². The third-order valence-electron chi connectivity index (χ3n) is 1.54. The van der Waals surface area contributed by atoms with Gasteiger partial charge in [-0.2, -0.15) is 0 Å². The summed E-state index contributed by atoms with van der Waals surface area (Å²) >= 11 is 0. The maximum Gasteiger partial charge on any atom is 0.139 e. The molecule has 1 heterocycles. The molecule has 0 saturated heterocycles. The van der Waals surface area contributed by atoms with E-state index in [4.69, 9.17) is 0 Å². The van der Waals surface area contributed by atoms with Crippen LogP contribution in [0.25, 0.3) is 6.08 Å². The zero-order chi connectivity index (χ0) is 8.27. The van der Waals surface area contributed by atoms with Crippen LogP contribution >= 0.6 is 0 Å². The Morgan fingerprint density at radius 1 is 1.64 bits per heavy atom. The molecule has 0 amide bonds. The van der Waals surface area contributed by atoms with Crippen molar-refractivity contribution in [1.29, 1.82) is 0 Å². The lowest BCUT2D eigenvalue weighted by atomic mass is 10.3. The largest absolute Gasteiger partial charge is 0.336 e. The van der Waals surface area contributed by atoms with E-state index in [1.807, 2.05) is 36.9 Å². The number of aliphatic imine (C=N–C) groups is 1. The van der Waals surface area contributed by atoms with Gasteiger partial charge in [-0.1, -0.05) is 12.7 Å². The number of rotatable bonds is 2. The summed E-state index contributed by atoms with van der Waals surface area (Å²) in [6.07, 6.45) is 5.56. The lowest BCUT2D eigenvalue weighted by Gasteiger charge is -1.96. The summed E-state index contributed by atoms with van der Waals surface area (Å²) in [5.74, 6) is 0.961. The minimum atomic E-state index is 0.961. The lowest BCUT2D eigenvalue weighted by molar-refractivity contribution is 0.926. The quantitative estimate of drug-likeness (QED) is 0.573. The van der Waals surface area contributed by atoms with Gasteiger partial charge in [-0.3, -0.25) is 0 Å². The monoisotopic (exact) mass is 148 g/mol. The Balaban J connectivity index is 3.17. The lowest BCUT2D eigenvalue weighted by Crippen LogP contribution is -1.83. The molecule has 0 aliphatic carbocycles. The summed E-state index contributed by atoms with van der Waals surface area (Å²) in [6, 6.07) is 2.00. The summed E-state index contributed by atoms with van der Waals surface area (Å²) in [7, 11) is 1.97. The third kappa shape index (κ3) is 1.40. The normalized spacial score (nSPS) is 10.7. The molecule has 2 nitrogen and oxygen atoms in total. The van der Waals surface area contributed by atoms with E-state index < -0.39 is 0 Å². The van der Waals surface area contributed by atoms with Crippen molar-refractivity contribution in [2.24, 2.45) is 12.0 Å². The van der Waals surface area contributed by atoms with E-state index in [0.717, 1.165) is 11.4 Å². The first-order chi connectivity index (χ1) is 5.29. The van der Waals surface area contributed by atoms with Crippen molar-refractivity contribution < 1.29 is 0 Å². The van der Waals surface area contributed by atoms with Crippen LogP contribution in [0.1, 0.15) is 12.5 Å². The van der Waals surface area contributed by atoms with Gasteiger partial charge in [-0.25, -0.2) is 4.99 Å². The number of hydrogen-bond acceptors (Lipinski definition) is 1.